The van der Waals surface area contributed by atoms with Gasteiger partial charge in [-0.25, -0.2) is 22.8 Å². The Morgan fingerprint density at radius 1 is 1.09 bits per heavy atom. The fourth-order valence-corrected chi connectivity index (χ4v) is 5.41. The average Bonchev–Trinajstić information content (AvgIpc) is 3.50. The Morgan fingerprint density at radius 3 is 2.63 bits per heavy atom. The third-order valence-corrected chi connectivity index (χ3v) is 6.86. The van der Waals surface area contributed by atoms with Crippen molar-refractivity contribution >= 4 is 5.91 Å². The van der Waals surface area contributed by atoms with Crippen LogP contribution in [0.25, 0.3) is 17.1 Å². The molecule has 5 heterocycles. The van der Waals surface area contributed by atoms with E-state index in [1.165, 1.54) is 0 Å². The summed E-state index contributed by atoms with van der Waals surface area (Å²) < 4.78 is 44.7. The molecule has 6 rings (SSSR count). The molecule has 0 saturated carbocycles. The number of halogens is 3. The lowest BCUT2D eigenvalue weighted by Gasteiger charge is -2.45. The summed E-state index contributed by atoms with van der Waals surface area (Å²) in [5.41, 5.74) is 2.64. The van der Waals surface area contributed by atoms with Gasteiger partial charge in [0.1, 0.15) is 5.69 Å². The number of fused-ring (bicyclic) bond motifs is 4. The molecule has 3 aromatic heterocycles. The lowest BCUT2D eigenvalue weighted by atomic mass is 9.81. The second-order valence-corrected chi connectivity index (χ2v) is 8.94. The smallest absolute Gasteiger partial charge is 0.273 e. The van der Waals surface area contributed by atoms with Crippen molar-refractivity contribution in [2.45, 2.75) is 37.8 Å². The predicted octanol–water partition coefficient (Wildman–Crippen LogP) is 4.38. The van der Waals surface area contributed by atoms with Crippen LogP contribution in [0.4, 0.5) is 13.2 Å². The van der Waals surface area contributed by atoms with Crippen LogP contribution in [-0.2, 0) is 13.5 Å². The Hall–Kier alpha value is -3.95. The molecule has 2 aliphatic rings. The molecule has 35 heavy (non-hydrogen) atoms. The van der Waals surface area contributed by atoms with E-state index in [4.69, 9.17) is 0 Å². The van der Waals surface area contributed by atoms with Gasteiger partial charge < -0.3 is 4.90 Å². The number of benzene rings is 1. The molecular formula is C25H21F3N6O. The Balaban J connectivity index is 1.40. The van der Waals surface area contributed by atoms with E-state index in [0.29, 0.717) is 29.3 Å². The highest BCUT2D eigenvalue weighted by atomic mass is 19.2. The number of piperidine rings is 1. The van der Waals surface area contributed by atoms with Crippen molar-refractivity contribution in [2.75, 3.05) is 0 Å². The minimum atomic E-state index is -1.50. The van der Waals surface area contributed by atoms with Gasteiger partial charge in [-0.1, -0.05) is 6.07 Å². The zero-order valence-electron chi connectivity index (χ0n) is 18.8. The van der Waals surface area contributed by atoms with E-state index in [9.17, 15) is 18.0 Å². The number of pyridine rings is 1. The second kappa shape index (κ2) is 8.07. The number of rotatable bonds is 3. The third-order valence-electron chi connectivity index (χ3n) is 6.86. The predicted molar refractivity (Wildman–Crippen MR) is 120 cm³/mol. The van der Waals surface area contributed by atoms with Crippen LogP contribution >= 0.6 is 0 Å². The zero-order chi connectivity index (χ0) is 24.3. The summed E-state index contributed by atoms with van der Waals surface area (Å²) in [5.74, 6) is -3.63. The summed E-state index contributed by atoms with van der Waals surface area (Å²) in [7, 11) is 1.69. The highest BCUT2D eigenvalue weighted by molar-refractivity contribution is 5.93. The van der Waals surface area contributed by atoms with Gasteiger partial charge in [-0.05, 0) is 56.0 Å². The van der Waals surface area contributed by atoms with Gasteiger partial charge in [0.15, 0.2) is 23.3 Å². The largest absolute Gasteiger partial charge is 0.325 e. The van der Waals surface area contributed by atoms with Gasteiger partial charge in [0.25, 0.3) is 5.91 Å². The van der Waals surface area contributed by atoms with Gasteiger partial charge >= 0.3 is 0 Å². The molecule has 1 aromatic carbocycles. The van der Waals surface area contributed by atoms with Crippen LogP contribution in [0.15, 0.2) is 48.8 Å². The molecule has 178 valence electrons. The Kier molecular flexibility index (Phi) is 4.98. The number of aryl methyl sites for hydroxylation is 1. The maximum Gasteiger partial charge on any atom is 0.273 e. The summed E-state index contributed by atoms with van der Waals surface area (Å²) in [4.78, 5) is 20.1. The van der Waals surface area contributed by atoms with Crippen LogP contribution in [0.1, 0.15) is 47.1 Å². The first-order valence-electron chi connectivity index (χ1n) is 11.4. The first-order valence-corrected chi connectivity index (χ1v) is 11.4. The summed E-state index contributed by atoms with van der Waals surface area (Å²) in [5, 5.41) is 8.85. The lowest BCUT2D eigenvalue weighted by molar-refractivity contribution is 0.0386. The van der Waals surface area contributed by atoms with E-state index in [2.05, 4.69) is 15.2 Å². The molecule has 2 bridgehead atoms. The zero-order valence-corrected chi connectivity index (χ0v) is 18.8. The van der Waals surface area contributed by atoms with Crippen molar-refractivity contribution in [2.24, 2.45) is 7.05 Å². The molecule has 1 fully saturated rings. The fraction of sp³-hybridized carbons (Fsp3) is 0.280. The van der Waals surface area contributed by atoms with Crippen molar-refractivity contribution in [1.82, 2.24) is 29.4 Å². The normalized spacial score (nSPS) is 19.0. The number of hydrogen-bond donors (Lipinski definition) is 0. The number of aromatic nitrogens is 5. The Labute approximate surface area is 198 Å². The highest BCUT2D eigenvalue weighted by Gasteiger charge is 2.44. The third kappa shape index (κ3) is 3.43. The van der Waals surface area contributed by atoms with Crippen LogP contribution in [0, 0.1) is 17.5 Å². The van der Waals surface area contributed by atoms with Gasteiger partial charge in [-0.2, -0.15) is 10.2 Å². The van der Waals surface area contributed by atoms with Crippen molar-refractivity contribution < 1.29 is 18.0 Å². The van der Waals surface area contributed by atoms with Crippen molar-refractivity contribution in [1.29, 1.82) is 0 Å². The maximum absolute atomic E-state index is 14.0. The number of carbonyl (C=O) groups excluding carboxylic acids is 1. The minimum Gasteiger partial charge on any atom is -0.325 e. The molecule has 2 atom stereocenters. The number of carbonyl (C=O) groups is 1. The fourth-order valence-electron chi connectivity index (χ4n) is 5.41. The van der Waals surface area contributed by atoms with Gasteiger partial charge in [0.05, 0.1) is 17.4 Å². The van der Waals surface area contributed by atoms with Crippen molar-refractivity contribution in [3.63, 3.8) is 0 Å². The minimum absolute atomic E-state index is 0.109. The van der Waals surface area contributed by atoms with Gasteiger partial charge in [-0.15, -0.1) is 0 Å². The molecular weight excluding hydrogens is 457 g/mol. The molecule has 2 aliphatic heterocycles. The molecule has 0 radical (unpaired) electrons. The van der Waals surface area contributed by atoms with Gasteiger partial charge in [0, 0.05) is 36.6 Å². The first-order chi connectivity index (χ1) is 16.9. The summed E-state index contributed by atoms with van der Waals surface area (Å²) >= 11 is 0. The van der Waals surface area contributed by atoms with E-state index in [-0.39, 0.29) is 23.6 Å². The van der Waals surface area contributed by atoms with E-state index in [0.717, 1.165) is 37.0 Å². The van der Waals surface area contributed by atoms with Crippen molar-refractivity contribution in [3.8, 4) is 17.1 Å². The second-order valence-electron chi connectivity index (χ2n) is 8.94. The average molecular weight is 478 g/mol. The maximum atomic E-state index is 14.0. The molecule has 1 saturated heterocycles. The van der Waals surface area contributed by atoms with Crippen LogP contribution in [0.2, 0.25) is 0 Å². The quantitative estimate of drug-likeness (QED) is 0.410. The topological polar surface area (TPSA) is 68.8 Å². The van der Waals surface area contributed by atoms with Crippen LogP contribution in [-0.4, -0.2) is 41.4 Å². The first kappa shape index (κ1) is 21.6. The van der Waals surface area contributed by atoms with Gasteiger partial charge in [-0.3, -0.25) is 9.48 Å². The summed E-state index contributed by atoms with van der Waals surface area (Å²) in [6.45, 7) is 0. The van der Waals surface area contributed by atoms with Gasteiger partial charge in [0.2, 0.25) is 0 Å². The molecule has 7 nitrogen and oxygen atoms in total. The number of hydrogen-bond acceptors (Lipinski definition) is 4. The van der Waals surface area contributed by atoms with E-state index in [1.54, 1.807) is 53.1 Å². The van der Waals surface area contributed by atoms with Crippen LogP contribution < -0.4 is 0 Å². The van der Waals surface area contributed by atoms with Crippen LogP contribution in [0.3, 0.4) is 0 Å². The summed E-state index contributed by atoms with van der Waals surface area (Å²) in [6.07, 6.45) is 6.34. The number of nitrogens with zero attached hydrogens (tertiary/aromatic N) is 6. The molecule has 0 N–H and O–H groups in total. The lowest BCUT2D eigenvalue weighted by Crippen LogP contribution is -2.50. The Morgan fingerprint density at radius 2 is 1.89 bits per heavy atom. The molecule has 4 aromatic rings. The van der Waals surface area contributed by atoms with E-state index >= 15 is 0 Å². The monoisotopic (exact) mass is 478 g/mol. The van der Waals surface area contributed by atoms with Crippen LogP contribution in [0.5, 0.6) is 0 Å². The van der Waals surface area contributed by atoms with E-state index < -0.39 is 17.5 Å². The Bertz CT molecular complexity index is 1420. The molecule has 10 heteroatoms. The molecule has 0 spiro atoms. The molecule has 0 aliphatic carbocycles. The van der Waals surface area contributed by atoms with E-state index in [1.807, 2.05) is 4.90 Å². The number of amides is 1. The highest BCUT2D eigenvalue weighted by Crippen LogP contribution is 2.45. The summed E-state index contributed by atoms with van der Waals surface area (Å²) in [6, 6.07) is 8.63. The molecule has 1 amide bonds. The standard InChI is InChI=1S/C25H21F3N6O/c1-32-24(14-11-17(26)22(28)18(27)12-14)16-13-15-5-2-7-20(23(16)31-32)34(15)25(35)19-6-3-8-21(30-19)33-10-4-9-29-33/h3-4,6,8-12,15,20H,2,5,7,13H2,1H3/t15-,20+/m1/s1. The molecule has 0 unspecified atom stereocenters. The van der Waals surface area contributed by atoms with Crippen molar-refractivity contribution in [3.05, 3.63) is 83.2 Å². The SMILES string of the molecule is Cn1nc2c(c1-c1cc(F)c(F)c(F)c1)C[C@H]1CCC[C@@H]2N1C(=O)c1cccc(-n2cccn2)n1.